The van der Waals surface area contributed by atoms with E-state index in [0.29, 0.717) is 30.3 Å². The molecule has 1 aliphatic rings. The standard InChI is InChI=1S/C23H25N3O3S/c1-2-29-23(28)17-9-3-4-10-18(17)24-21(27)15-26-13-7-8-16(14-26)22-25-19-11-5-6-12-20(19)30-22/h3-6,9-12,16H,2,7-8,13-15H2,1H3,(H,24,27)/p+1/t16-/m1/s1. The van der Waals surface area contributed by atoms with Crippen LogP contribution in [0.15, 0.2) is 48.5 Å². The quantitative estimate of drug-likeness (QED) is 0.597. The first kappa shape index (κ1) is 20.5. The lowest BCUT2D eigenvalue weighted by Crippen LogP contribution is -3.14. The summed E-state index contributed by atoms with van der Waals surface area (Å²) in [5, 5.41) is 4.07. The Balaban J connectivity index is 1.40. The lowest BCUT2D eigenvalue weighted by Gasteiger charge is -2.28. The molecule has 0 saturated carbocycles. The van der Waals surface area contributed by atoms with Crippen molar-refractivity contribution in [2.45, 2.75) is 25.7 Å². The number of hydrogen-bond donors (Lipinski definition) is 2. The smallest absolute Gasteiger partial charge is 0.340 e. The molecule has 6 nitrogen and oxygen atoms in total. The molecule has 1 amide bonds. The second-order valence-corrected chi connectivity index (χ2v) is 8.62. The monoisotopic (exact) mass is 424 g/mol. The summed E-state index contributed by atoms with van der Waals surface area (Å²) in [7, 11) is 0. The van der Waals surface area contributed by atoms with E-state index in [2.05, 4.69) is 17.4 Å². The summed E-state index contributed by atoms with van der Waals surface area (Å²) in [6.07, 6.45) is 2.18. The van der Waals surface area contributed by atoms with Gasteiger partial charge in [0.1, 0.15) is 5.01 Å². The number of para-hydroxylation sites is 2. The highest BCUT2D eigenvalue weighted by atomic mass is 32.1. The number of thiazole rings is 1. The van der Waals surface area contributed by atoms with Crippen LogP contribution in [0.4, 0.5) is 5.69 Å². The zero-order valence-electron chi connectivity index (χ0n) is 17.0. The third-order valence-corrected chi connectivity index (χ3v) is 6.58. The number of quaternary nitrogens is 1. The van der Waals surface area contributed by atoms with Gasteiger partial charge >= 0.3 is 5.97 Å². The van der Waals surface area contributed by atoms with Crippen molar-refractivity contribution in [2.24, 2.45) is 0 Å². The molecule has 3 aromatic rings. The Morgan fingerprint density at radius 3 is 2.83 bits per heavy atom. The molecule has 156 valence electrons. The summed E-state index contributed by atoms with van der Waals surface area (Å²) in [4.78, 5) is 30.9. The zero-order chi connectivity index (χ0) is 20.9. The van der Waals surface area contributed by atoms with Crippen molar-refractivity contribution >= 4 is 39.1 Å². The number of carbonyl (C=O) groups is 2. The van der Waals surface area contributed by atoms with Crippen LogP contribution in [0.2, 0.25) is 0 Å². The third kappa shape index (κ3) is 4.68. The van der Waals surface area contributed by atoms with E-state index >= 15 is 0 Å². The number of hydrogen-bond acceptors (Lipinski definition) is 5. The number of esters is 1. The summed E-state index contributed by atoms with van der Waals surface area (Å²) < 4.78 is 6.30. The molecule has 7 heteroatoms. The van der Waals surface area contributed by atoms with Crippen LogP contribution in [0.25, 0.3) is 10.2 Å². The van der Waals surface area contributed by atoms with Crippen molar-refractivity contribution in [3.8, 4) is 0 Å². The molecule has 0 aliphatic carbocycles. The van der Waals surface area contributed by atoms with Gasteiger partial charge in [0.2, 0.25) is 0 Å². The fourth-order valence-corrected chi connectivity index (χ4v) is 5.09. The van der Waals surface area contributed by atoms with Gasteiger partial charge in [0.15, 0.2) is 6.54 Å². The van der Waals surface area contributed by atoms with E-state index in [1.807, 2.05) is 12.1 Å². The van der Waals surface area contributed by atoms with Gasteiger partial charge in [-0.25, -0.2) is 9.78 Å². The summed E-state index contributed by atoms with van der Waals surface area (Å²) in [6.45, 7) is 4.30. The second kappa shape index (κ2) is 9.36. The highest BCUT2D eigenvalue weighted by molar-refractivity contribution is 7.18. The van der Waals surface area contributed by atoms with E-state index in [4.69, 9.17) is 9.72 Å². The Morgan fingerprint density at radius 1 is 1.20 bits per heavy atom. The largest absolute Gasteiger partial charge is 0.462 e. The van der Waals surface area contributed by atoms with Crippen molar-refractivity contribution in [1.82, 2.24) is 4.98 Å². The molecule has 2 aromatic carbocycles. The third-order valence-electron chi connectivity index (χ3n) is 5.38. The number of amides is 1. The van der Waals surface area contributed by atoms with Gasteiger partial charge in [0, 0.05) is 0 Å². The highest BCUT2D eigenvalue weighted by Gasteiger charge is 2.28. The molecule has 30 heavy (non-hydrogen) atoms. The average molecular weight is 425 g/mol. The second-order valence-electron chi connectivity index (χ2n) is 7.55. The van der Waals surface area contributed by atoms with Crippen LogP contribution in [0, 0.1) is 0 Å². The van der Waals surface area contributed by atoms with Crippen molar-refractivity contribution < 1.29 is 19.2 Å². The molecule has 1 aromatic heterocycles. The number of carbonyl (C=O) groups excluding carboxylic acids is 2. The van der Waals surface area contributed by atoms with Gasteiger partial charge in [-0.1, -0.05) is 24.3 Å². The molecule has 2 heterocycles. The fourth-order valence-electron chi connectivity index (χ4n) is 3.99. The SMILES string of the molecule is CCOC(=O)c1ccccc1NC(=O)C[NH+]1CCC[C@@H](c2nc3ccccc3s2)C1. The number of fused-ring (bicyclic) bond motifs is 1. The van der Waals surface area contributed by atoms with Crippen LogP contribution in [0.5, 0.6) is 0 Å². The number of ether oxygens (including phenoxy) is 1. The van der Waals surface area contributed by atoms with E-state index in [1.54, 1.807) is 42.5 Å². The number of nitrogens with zero attached hydrogens (tertiary/aromatic N) is 1. The van der Waals surface area contributed by atoms with E-state index < -0.39 is 5.97 Å². The average Bonchev–Trinajstić information content (AvgIpc) is 3.19. The van der Waals surface area contributed by atoms with Crippen LogP contribution in [0.1, 0.15) is 41.0 Å². The number of nitrogens with one attached hydrogen (secondary N) is 2. The van der Waals surface area contributed by atoms with Crippen LogP contribution in [0.3, 0.4) is 0 Å². The minimum Gasteiger partial charge on any atom is -0.462 e. The van der Waals surface area contributed by atoms with Crippen LogP contribution in [-0.2, 0) is 9.53 Å². The minimum absolute atomic E-state index is 0.0910. The summed E-state index contributed by atoms with van der Waals surface area (Å²) in [6, 6.07) is 15.2. The van der Waals surface area contributed by atoms with E-state index in [9.17, 15) is 9.59 Å². The molecule has 4 rings (SSSR count). The Bertz CT molecular complexity index is 1020. The fraction of sp³-hybridized carbons (Fsp3) is 0.348. The van der Waals surface area contributed by atoms with Crippen LogP contribution >= 0.6 is 11.3 Å². The van der Waals surface area contributed by atoms with E-state index in [0.717, 1.165) is 31.4 Å². The number of benzene rings is 2. The molecule has 1 fully saturated rings. The molecular weight excluding hydrogens is 398 g/mol. The van der Waals surface area contributed by atoms with E-state index in [-0.39, 0.29) is 5.91 Å². The topological polar surface area (TPSA) is 72.7 Å². The number of rotatable bonds is 6. The van der Waals surface area contributed by atoms with Gasteiger partial charge in [-0.2, -0.15) is 0 Å². The van der Waals surface area contributed by atoms with Gasteiger partial charge in [-0.05, 0) is 44.0 Å². The van der Waals surface area contributed by atoms with Gasteiger partial charge in [0.05, 0.1) is 47.1 Å². The molecule has 2 N–H and O–H groups in total. The van der Waals surface area contributed by atoms with Crippen molar-refractivity contribution in [3.05, 3.63) is 59.1 Å². The normalized spacial score (nSPS) is 18.8. The number of anilines is 1. The van der Waals surface area contributed by atoms with Crippen molar-refractivity contribution in [1.29, 1.82) is 0 Å². The first-order valence-corrected chi connectivity index (χ1v) is 11.2. The van der Waals surface area contributed by atoms with E-state index in [1.165, 1.54) is 14.6 Å². The van der Waals surface area contributed by atoms with Gasteiger partial charge < -0.3 is 15.0 Å². The maximum Gasteiger partial charge on any atom is 0.340 e. The van der Waals surface area contributed by atoms with Gasteiger partial charge in [0.25, 0.3) is 5.91 Å². The molecule has 1 saturated heterocycles. The molecular formula is C23H26N3O3S+. The lowest BCUT2D eigenvalue weighted by molar-refractivity contribution is -0.898. The molecule has 1 aliphatic heterocycles. The first-order chi connectivity index (χ1) is 14.6. The molecule has 2 atom stereocenters. The molecule has 1 unspecified atom stereocenters. The maximum atomic E-state index is 12.7. The van der Waals surface area contributed by atoms with Crippen LogP contribution < -0.4 is 10.2 Å². The highest BCUT2D eigenvalue weighted by Crippen LogP contribution is 2.30. The first-order valence-electron chi connectivity index (χ1n) is 10.4. The lowest BCUT2D eigenvalue weighted by atomic mass is 9.99. The number of likely N-dealkylation sites (tertiary alicyclic amines) is 1. The molecule has 0 bridgehead atoms. The maximum absolute atomic E-state index is 12.7. The predicted octanol–water partition coefficient (Wildman–Crippen LogP) is 2.87. The summed E-state index contributed by atoms with van der Waals surface area (Å²) in [5.41, 5.74) is 1.94. The van der Waals surface area contributed by atoms with Crippen LogP contribution in [-0.4, -0.2) is 43.1 Å². The number of piperidine rings is 1. The zero-order valence-corrected chi connectivity index (χ0v) is 17.8. The Hall–Kier alpha value is -2.77. The summed E-state index contributed by atoms with van der Waals surface area (Å²) in [5.74, 6) is -0.132. The Labute approximate surface area is 179 Å². The minimum atomic E-state index is -0.422. The predicted molar refractivity (Wildman–Crippen MR) is 118 cm³/mol. The van der Waals surface area contributed by atoms with Gasteiger partial charge in [-0.3, -0.25) is 4.79 Å². The van der Waals surface area contributed by atoms with Gasteiger partial charge in [-0.15, -0.1) is 11.3 Å². The summed E-state index contributed by atoms with van der Waals surface area (Å²) >= 11 is 1.76. The van der Waals surface area contributed by atoms with Crippen molar-refractivity contribution in [2.75, 3.05) is 31.6 Å². The Morgan fingerprint density at radius 2 is 2.00 bits per heavy atom. The molecule has 0 spiro atoms. The van der Waals surface area contributed by atoms with Crippen molar-refractivity contribution in [3.63, 3.8) is 0 Å². The Kier molecular flexibility index (Phi) is 6.40. The molecule has 0 radical (unpaired) electrons. The number of aromatic nitrogens is 1.